The van der Waals surface area contributed by atoms with Gasteiger partial charge in [-0.1, -0.05) is 0 Å². The molecule has 3 nitrogen and oxygen atoms in total. The summed E-state index contributed by atoms with van der Waals surface area (Å²) in [6.45, 7) is 0. The maximum absolute atomic E-state index is 13.1. The molecule has 5 heteroatoms. The molecule has 0 bridgehead atoms. The van der Waals surface area contributed by atoms with Gasteiger partial charge in [-0.05, 0) is 18.2 Å². The number of rotatable bonds is 2. The Hall–Kier alpha value is -2.22. The van der Waals surface area contributed by atoms with Gasteiger partial charge in [0.2, 0.25) is 0 Å². The lowest BCUT2D eigenvalue weighted by molar-refractivity contribution is -0.131. The zero-order valence-corrected chi connectivity index (χ0v) is 7.37. The van der Waals surface area contributed by atoms with Crippen LogP contribution in [0.15, 0.2) is 18.2 Å². The average Bonchev–Trinajstić information content (AvgIpc) is 2.15. The molecule has 15 heavy (non-hydrogen) atoms. The fourth-order valence-electron chi connectivity index (χ4n) is 0.963. The lowest BCUT2D eigenvalue weighted by atomic mass is 10.1. The Morgan fingerprint density at radius 2 is 1.93 bits per heavy atom. The minimum Gasteiger partial charge on any atom is -0.478 e. The molecule has 0 aliphatic carbocycles. The van der Waals surface area contributed by atoms with E-state index in [-0.39, 0.29) is 5.56 Å². The van der Waals surface area contributed by atoms with E-state index in [0.29, 0.717) is 6.08 Å². The summed E-state index contributed by atoms with van der Waals surface area (Å²) in [5.74, 6) is -3.24. The van der Waals surface area contributed by atoms with Crippen LogP contribution >= 0.6 is 0 Å². The van der Waals surface area contributed by atoms with Gasteiger partial charge in [-0.25, -0.2) is 13.6 Å². The Morgan fingerprint density at radius 3 is 2.33 bits per heavy atom. The van der Waals surface area contributed by atoms with Gasteiger partial charge in [0.1, 0.15) is 11.6 Å². The summed E-state index contributed by atoms with van der Waals surface area (Å²) in [6, 6.07) is 3.26. The van der Waals surface area contributed by atoms with Gasteiger partial charge in [0, 0.05) is 11.6 Å². The molecule has 0 spiro atoms. The number of benzene rings is 1. The van der Waals surface area contributed by atoms with Gasteiger partial charge < -0.3 is 5.11 Å². The molecular formula is C10H5F2NO2. The van der Waals surface area contributed by atoms with Crippen molar-refractivity contribution in [3.05, 3.63) is 41.0 Å². The number of carboxylic acids is 1. The van der Waals surface area contributed by atoms with Gasteiger partial charge in [-0.15, -0.1) is 0 Å². The van der Waals surface area contributed by atoms with Gasteiger partial charge in [-0.2, -0.15) is 5.26 Å². The average molecular weight is 209 g/mol. The Balaban J connectivity index is 3.21. The van der Waals surface area contributed by atoms with E-state index in [2.05, 4.69) is 0 Å². The SMILES string of the molecule is N#Cc1cc(F)c(/C=C/C(=O)O)c(F)c1. The van der Waals surface area contributed by atoms with Gasteiger partial charge in [0.25, 0.3) is 0 Å². The van der Waals surface area contributed by atoms with Crippen molar-refractivity contribution in [2.24, 2.45) is 0 Å². The maximum Gasteiger partial charge on any atom is 0.328 e. The van der Waals surface area contributed by atoms with Crippen molar-refractivity contribution in [3.63, 3.8) is 0 Å². The van der Waals surface area contributed by atoms with E-state index in [0.717, 1.165) is 18.2 Å². The van der Waals surface area contributed by atoms with Gasteiger partial charge in [0.15, 0.2) is 0 Å². The van der Waals surface area contributed by atoms with Gasteiger partial charge >= 0.3 is 5.97 Å². The van der Waals surface area contributed by atoms with Gasteiger partial charge in [0.05, 0.1) is 11.6 Å². The largest absolute Gasteiger partial charge is 0.478 e. The third-order valence-electron chi connectivity index (χ3n) is 1.60. The first-order valence-electron chi connectivity index (χ1n) is 3.84. The van der Waals surface area contributed by atoms with Crippen molar-refractivity contribution in [2.45, 2.75) is 0 Å². The molecule has 1 rings (SSSR count). The van der Waals surface area contributed by atoms with Crippen LogP contribution < -0.4 is 0 Å². The third-order valence-corrected chi connectivity index (χ3v) is 1.60. The van der Waals surface area contributed by atoms with E-state index in [4.69, 9.17) is 10.4 Å². The minimum atomic E-state index is -1.31. The van der Waals surface area contributed by atoms with Crippen molar-refractivity contribution in [2.75, 3.05) is 0 Å². The molecule has 0 radical (unpaired) electrons. The molecule has 0 saturated carbocycles. The number of nitriles is 1. The number of carbonyl (C=O) groups is 1. The zero-order valence-electron chi connectivity index (χ0n) is 7.37. The zero-order chi connectivity index (χ0) is 11.4. The normalized spacial score (nSPS) is 10.2. The van der Waals surface area contributed by atoms with Crippen LogP contribution in [0.2, 0.25) is 0 Å². The summed E-state index contributed by atoms with van der Waals surface area (Å²) >= 11 is 0. The van der Waals surface area contributed by atoms with Crippen molar-refractivity contribution < 1.29 is 18.7 Å². The van der Waals surface area contributed by atoms with Crippen LogP contribution in [0, 0.1) is 23.0 Å². The molecule has 1 N–H and O–H groups in total. The second-order valence-corrected chi connectivity index (χ2v) is 2.64. The fourth-order valence-corrected chi connectivity index (χ4v) is 0.963. The number of halogens is 2. The van der Waals surface area contributed by atoms with E-state index in [9.17, 15) is 13.6 Å². The first-order chi connectivity index (χ1) is 7.04. The molecule has 0 unspecified atom stereocenters. The van der Waals surface area contributed by atoms with Crippen LogP contribution in [-0.4, -0.2) is 11.1 Å². The molecule has 0 aromatic heterocycles. The highest BCUT2D eigenvalue weighted by Gasteiger charge is 2.08. The molecule has 0 aliphatic rings. The van der Waals surface area contributed by atoms with Crippen molar-refractivity contribution in [1.82, 2.24) is 0 Å². The second kappa shape index (κ2) is 4.33. The van der Waals surface area contributed by atoms with Crippen LogP contribution in [0.4, 0.5) is 8.78 Å². The predicted octanol–water partition coefficient (Wildman–Crippen LogP) is 1.93. The van der Waals surface area contributed by atoms with E-state index >= 15 is 0 Å². The molecule has 0 heterocycles. The summed E-state index contributed by atoms with van der Waals surface area (Å²) in [5, 5.41) is 16.7. The first-order valence-corrected chi connectivity index (χ1v) is 3.84. The summed E-state index contributed by atoms with van der Waals surface area (Å²) in [4.78, 5) is 10.1. The van der Waals surface area contributed by atoms with Crippen LogP contribution in [0.3, 0.4) is 0 Å². The molecule has 1 aromatic rings. The Kier molecular flexibility index (Phi) is 3.13. The summed E-state index contributed by atoms with van der Waals surface area (Å²) < 4.78 is 26.2. The van der Waals surface area contributed by atoms with Crippen LogP contribution in [0.1, 0.15) is 11.1 Å². The Morgan fingerprint density at radius 1 is 1.40 bits per heavy atom. The van der Waals surface area contributed by atoms with E-state index in [1.807, 2.05) is 0 Å². The second-order valence-electron chi connectivity index (χ2n) is 2.64. The third kappa shape index (κ3) is 2.61. The number of hydrogen-bond acceptors (Lipinski definition) is 2. The van der Waals surface area contributed by atoms with Crippen molar-refractivity contribution >= 4 is 12.0 Å². The topological polar surface area (TPSA) is 61.1 Å². The van der Waals surface area contributed by atoms with Crippen molar-refractivity contribution in [3.8, 4) is 6.07 Å². The van der Waals surface area contributed by atoms with E-state index in [1.165, 1.54) is 0 Å². The lowest BCUT2D eigenvalue weighted by Crippen LogP contribution is -1.93. The molecule has 0 amide bonds. The number of hydrogen-bond donors (Lipinski definition) is 1. The first kappa shape index (κ1) is 10.9. The molecule has 0 saturated heterocycles. The summed E-state index contributed by atoms with van der Waals surface area (Å²) in [6.07, 6.45) is 1.42. The standard InChI is InChI=1S/C10H5F2NO2/c11-8-3-6(5-13)4-9(12)7(8)1-2-10(14)15/h1-4H,(H,14,15)/b2-1+. The number of aliphatic carboxylic acids is 1. The van der Waals surface area contributed by atoms with Crippen molar-refractivity contribution in [1.29, 1.82) is 5.26 Å². The molecule has 76 valence electrons. The Labute approximate surface area is 83.9 Å². The summed E-state index contributed by atoms with van der Waals surface area (Å²) in [7, 11) is 0. The highest BCUT2D eigenvalue weighted by molar-refractivity contribution is 5.85. The molecule has 0 aliphatic heterocycles. The van der Waals surface area contributed by atoms with Crippen LogP contribution in [0.25, 0.3) is 6.08 Å². The quantitative estimate of drug-likeness (QED) is 0.757. The van der Waals surface area contributed by atoms with Crippen LogP contribution in [-0.2, 0) is 4.79 Å². The maximum atomic E-state index is 13.1. The van der Waals surface area contributed by atoms with E-state index < -0.39 is 23.2 Å². The number of carboxylic acid groups (broad SMARTS) is 1. The highest BCUT2D eigenvalue weighted by atomic mass is 19.1. The predicted molar refractivity (Wildman–Crippen MR) is 47.7 cm³/mol. The van der Waals surface area contributed by atoms with Crippen LogP contribution in [0.5, 0.6) is 0 Å². The summed E-state index contributed by atoms with van der Waals surface area (Å²) in [5.41, 5.74) is -0.631. The highest BCUT2D eigenvalue weighted by Crippen LogP contribution is 2.16. The van der Waals surface area contributed by atoms with Gasteiger partial charge in [-0.3, -0.25) is 0 Å². The number of nitrogens with zero attached hydrogens (tertiary/aromatic N) is 1. The smallest absolute Gasteiger partial charge is 0.328 e. The van der Waals surface area contributed by atoms with E-state index in [1.54, 1.807) is 6.07 Å². The molecule has 0 atom stereocenters. The lowest BCUT2D eigenvalue weighted by Gasteiger charge is -1.99. The minimum absolute atomic E-state index is 0.155. The monoisotopic (exact) mass is 209 g/mol. The molecular weight excluding hydrogens is 204 g/mol. The fraction of sp³-hybridized carbons (Fsp3) is 0. The molecule has 1 aromatic carbocycles. The molecule has 0 fully saturated rings. The Bertz CT molecular complexity index is 452.